The predicted molar refractivity (Wildman–Crippen MR) is 25.9 cm³/mol. The van der Waals surface area contributed by atoms with Gasteiger partial charge in [-0.05, 0) is 0 Å². The van der Waals surface area contributed by atoms with Gasteiger partial charge in [-0.2, -0.15) is 12.6 Å². The maximum atomic E-state index is 11.2. The Morgan fingerprint density at radius 3 is 2.00 bits per heavy atom. The van der Waals surface area contributed by atoms with E-state index in [1.165, 1.54) is 0 Å². The van der Waals surface area contributed by atoms with Gasteiger partial charge in [-0.15, -0.1) is 0 Å². The third-order valence-electron chi connectivity index (χ3n) is 0.478. The number of halogens is 2. The minimum Gasteiger partial charge on any atom is -0.395 e. The minimum atomic E-state index is -2.52. The van der Waals surface area contributed by atoms with Gasteiger partial charge < -0.3 is 5.11 Å². The zero-order chi connectivity index (χ0) is 5.86. The van der Waals surface area contributed by atoms with Crippen molar-refractivity contribution in [3.8, 4) is 0 Å². The molecule has 0 saturated carbocycles. The van der Waals surface area contributed by atoms with Gasteiger partial charge in [-0.1, -0.05) is 0 Å². The van der Waals surface area contributed by atoms with Gasteiger partial charge in [-0.3, -0.25) is 0 Å². The van der Waals surface area contributed by atoms with Crippen molar-refractivity contribution in [3.05, 3.63) is 0 Å². The van der Waals surface area contributed by atoms with Gasteiger partial charge in [0.05, 0.1) is 11.9 Å². The predicted octanol–water partition coefficient (Wildman–Crippen LogP) is 0.542. The summed E-state index contributed by atoms with van der Waals surface area (Å²) in [5.41, 5.74) is 0. The highest BCUT2D eigenvalue weighted by Gasteiger charge is 2.12. The second-order valence-electron chi connectivity index (χ2n) is 1.08. The van der Waals surface area contributed by atoms with E-state index >= 15 is 0 Å². The molecule has 0 aromatic rings. The molecule has 0 bridgehead atoms. The molecule has 0 saturated heterocycles. The molecular formula is C3H6F2OS. The Bertz CT molecular complexity index is 50.2. The Morgan fingerprint density at radius 2 is 2.00 bits per heavy atom. The smallest absolute Gasteiger partial charge is 0.252 e. The molecule has 0 aromatic carbocycles. The summed E-state index contributed by atoms with van der Waals surface area (Å²) in [7, 11) is 0. The fourth-order valence-corrected chi connectivity index (χ4v) is 0.0797. The Balaban J connectivity index is 3.14. The fraction of sp³-hybridized carbons (Fsp3) is 1.00. The van der Waals surface area contributed by atoms with E-state index in [2.05, 4.69) is 12.6 Å². The Kier molecular flexibility index (Phi) is 3.29. The summed E-state index contributed by atoms with van der Waals surface area (Å²) in [5.74, 6) is 0. The van der Waals surface area contributed by atoms with E-state index in [1.54, 1.807) is 0 Å². The molecule has 0 amide bonds. The maximum absolute atomic E-state index is 11.2. The van der Waals surface area contributed by atoms with Crippen LogP contribution >= 0.6 is 12.6 Å². The van der Waals surface area contributed by atoms with Gasteiger partial charge in [0.25, 0.3) is 6.43 Å². The van der Waals surface area contributed by atoms with Crippen LogP contribution in [0, 0.1) is 0 Å². The van der Waals surface area contributed by atoms with E-state index in [1.807, 2.05) is 0 Å². The third-order valence-corrected chi connectivity index (χ3v) is 0.867. The first-order valence-corrected chi connectivity index (χ1v) is 2.27. The monoisotopic (exact) mass is 128 g/mol. The molecule has 1 unspecified atom stereocenters. The second-order valence-corrected chi connectivity index (χ2v) is 1.75. The number of aliphatic hydroxyl groups is 1. The lowest BCUT2D eigenvalue weighted by molar-refractivity contribution is 0.117. The lowest BCUT2D eigenvalue weighted by atomic mass is 10.5. The Morgan fingerprint density at radius 1 is 1.57 bits per heavy atom. The zero-order valence-electron chi connectivity index (χ0n) is 3.51. The first-order chi connectivity index (χ1) is 3.18. The molecular weight excluding hydrogens is 122 g/mol. The molecule has 0 heterocycles. The lowest BCUT2D eigenvalue weighted by Gasteiger charge is -2.01. The number of alkyl halides is 2. The molecule has 0 fully saturated rings. The van der Waals surface area contributed by atoms with E-state index in [9.17, 15) is 8.78 Å². The standard InChI is InChI=1S/C3H6F2OS/c4-3(5)2(7)1-6/h2-3,6-7H,1H2. The van der Waals surface area contributed by atoms with Crippen LogP contribution in [-0.4, -0.2) is 23.4 Å². The summed E-state index contributed by atoms with van der Waals surface area (Å²) in [6.45, 7) is -0.569. The molecule has 0 radical (unpaired) electrons. The summed E-state index contributed by atoms with van der Waals surface area (Å²) < 4.78 is 22.4. The molecule has 1 nitrogen and oxygen atoms in total. The molecule has 4 heteroatoms. The average molecular weight is 128 g/mol. The van der Waals surface area contributed by atoms with Crippen LogP contribution in [0.5, 0.6) is 0 Å². The van der Waals surface area contributed by atoms with Crippen molar-refractivity contribution in [2.24, 2.45) is 0 Å². The van der Waals surface area contributed by atoms with Crippen molar-refractivity contribution >= 4 is 12.6 Å². The summed E-state index contributed by atoms with van der Waals surface area (Å²) in [6.07, 6.45) is -2.52. The highest BCUT2D eigenvalue weighted by Crippen LogP contribution is 2.05. The van der Waals surface area contributed by atoms with Gasteiger partial charge >= 0.3 is 0 Å². The van der Waals surface area contributed by atoms with Crippen LogP contribution in [0.3, 0.4) is 0 Å². The van der Waals surface area contributed by atoms with Crippen LogP contribution in [0.25, 0.3) is 0 Å². The fourth-order valence-electron chi connectivity index (χ4n) is 0.0797. The van der Waals surface area contributed by atoms with E-state index in [0.29, 0.717) is 0 Å². The maximum Gasteiger partial charge on any atom is 0.252 e. The SMILES string of the molecule is OCC(S)C(F)F. The molecule has 0 aromatic heterocycles. The molecule has 1 atom stereocenters. The van der Waals surface area contributed by atoms with Crippen LogP contribution in [0.4, 0.5) is 8.78 Å². The third kappa shape index (κ3) is 2.82. The molecule has 0 spiro atoms. The van der Waals surface area contributed by atoms with Gasteiger partial charge in [0.1, 0.15) is 0 Å². The molecule has 44 valence electrons. The topological polar surface area (TPSA) is 20.2 Å². The van der Waals surface area contributed by atoms with Gasteiger partial charge in [-0.25, -0.2) is 8.78 Å². The number of hydrogen-bond acceptors (Lipinski definition) is 2. The van der Waals surface area contributed by atoms with Crippen LogP contribution in [0.1, 0.15) is 0 Å². The molecule has 0 aliphatic carbocycles. The number of rotatable bonds is 2. The van der Waals surface area contributed by atoms with E-state index in [-0.39, 0.29) is 0 Å². The highest BCUT2D eigenvalue weighted by molar-refractivity contribution is 7.81. The molecule has 7 heavy (non-hydrogen) atoms. The van der Waals surface area contributed by atoms with Gasteiger partial charge in [0.2, 0.25) is 0 Å². The van der Waals surface area contributed by atoms with Crippen LogP contribution in [0.15, 0.2) is 0 Å². The number of hydrogen-bond donors (Lipinski definition) is 2. The Hall–Kier alpha value is 0.170. The van der Waals surface area contributed by atoms with Crippen molar-refractivity contribution in [3.63, 3.8) is 0 Å². The molecule has 0 aliphatic rings. The van der Waals surface area contributed by atoms with Gasteiger partial charge in [0.15, 0.2) is 0 Å². The summed E-state index contributed by atoms with van der Waals surface area (Å²) >= 11 is 3.32. The van der Waals surface area contributed by atoms with Crippen molar-refractivity contribution in [2.75, 3.05) is 6.61 Å². The van der Waals surface area contributed by atoms with E-state index in [0.717, 1.165) is 0 Å². The van der Waals surface area contributed by atoms with Gasteiger partial charge in [0, 0.05) is 0 Å². The second kappa shape index (κ2) is 3.21. The molecule has 0 aliphatic heterocycles. The van der Waals surface area contributed by atoms with Crippen LogP contribution in [0.2, 0.25) is 0 Å². The van der Waals surface area contributed by atoms with Crippen LogP contribution < -0.4 is 0 Å². The van der Waals surface area contributed by atoms with Crippen molar-refractivity contribution in [2.45, 2.75) is 11.7 Å². The van der Waals surface area contributed by atoms with E-state index in [4.69, 9.17) is 5.11 Å². The lowest BCUT2D eigenvalue weighted by Crippen LogP contribution is -2.14. The molecule has 1 N–H and O–H groups in total. The van der Waals surface area contributed by atoms with Crippen molar-refractivity contribution in [1.82, 2.24) is 0 Å². The number of aliphatic hydroxyl groups excluding tert-OH is 1. The minimum absolute atomic E-state index is 0.569. The van der Waals surface area contributed by atoms with E-state index < -0.39 is 18.3 Å². The van der Waals surface area contributed by atoms with Crippen molar-refractivity contribution < 1.29 is 13.9 Å². The number of thiol groups is 1. The zero-order valence-corrected chi connectivity index (χ0v) is 4.41. The summed E-state index contributed by atoms with van der Waals surface area (Å²) in [6, 6.07) is 0. The first-order valence-electron chi connectivity index (χ1n) is 1.75. The molecule has 0 rings (SSSR count). The normalized spacial score (nSPS) is 15.0. The highest BCUT2D eigenvalue weighted by atomic mass is 32.1. The first kappa shape index (κ1) is 7.17. The Labute approximate surface area is 45.7 Å². The summed E-state index contributed by atoms with van der Waals surface area (Å²) in [5, 5.41) is 6.77. The quantitative estimate of drug-likeness (QED) is 0.520. The van der Waals surface area contributed by atoms with Crippen LogP contribution in [-0.2, 0) is 0 Å². The average Bonchev–Trinajstić information content (AvgIpc) is 1.65. The largest absolute Gasteiger partial charge is 0.395 e. The van der Waals surface area contributed by atoms with Crippen molar-refractivity contribution in [1.29, 1.82) is 0 Å². The summed E-state index contributed by atoms with van der Waals surface area (Å²) in [4.78, 5) is 0.